The number of rotatable bonds is 1. The summed E-state index contributed by atoms with van der Waals surface area (Å²) in [6.07, 6.45) is 3.52. The molecular formula is C15H23N3O. The molecule has 1 aliphatic rings. The quantitative estimate of drug-likeness (QED) is 0.773. The fourth-order valence-corrected chi connectivity index (χ4v) is 2.16. The van der Waals surface area contributed by atoms with Gasteiger partial charge in [0.25, 0.3) is 5.91 Å². The van der Waals surface area contributed by atoms with Crippen molar-refractivity contribution in [1.82, 2.24) is 14.8 Å². The zero-order chi connectivity index (χ0) is 14.0. The third-order valence-electron chi connectivity index (χ3n) is 3.64. The van der Waals surface area contributed by atoms with E-state index in [9.17, 15) is 4.79 Å². The van der Waals surface area contributed by atoms with Crippen LogP contribution >= 0.6 is 0 Å². The number of nitrogens with zero attached hydrogens (tertiary/aromatic N) is 3. The third-order valence-corrected chi connectivity index (χ3v) is 3.64. The van der Waals surface area contributed by atoms with Gasteiger partial charge in [0.15, 0.2) is 0 Å². The molecule has 0 spiro atoms. The van der Waals surface area contributed by atoms with E-state index in [0.717, 1.165) is 31.7 Å². The molecule has 1 aliphatic heterocycles. The topological polar surface area (TPSA) is 36.4 Å². The number of amides is 1. The maximum Gasteiger partial charge on any atom is 0.255 e. The first-order chi connectivity index (χ1) is 8.88. The second kappa shape index (κ2) is 5.29. The van der Waals surface area contributed by atoms with E-state index in [2.05, 4.69) is 37.7 Å². The molecule has 4 heteroatoms. The summed E-state index contributed by atoms with van der Waals surface area (Å²) < 4.78 is 0. The van der Waals surface area contributed by atoms with Crippen LogP contribution in [0.15, 0.2) is 18.5 Å². The van der Waals surface area contributed by atoms with E-state index in [1.54, 1.807) is 6.20 Å². The highest BCUT2D eigenvalue weighted by atomic mass is 16.2. The van der Waals surface area contributed by atoms with Gasteiger partial charge in [-0.1, -0.05) is 20.8 Å². The summed E-state index contributed by atoms with van der Waals surface area (Å²) in [5.74, 6) is 0.103. The standard InChI is InChI=1S/C15H23N3O/c1-15(2,3)13-9-12(10-16-11-13)14(19)18-7-5-17(4)6-8-18/h9-11H,5-8H2,1-4H3. The fourth-order valence-electron chi connectivity index (χ4n) is 2.16. The normalized spacial score (nSPS) is 17.6. The van der Waals surface area contributed by atoms with Crippen LogP contribution in [0.2, 0.25) is 0 Å². The van der Waals surface area contributed by atoms with Crippen LogP contribution in [0.4, 0.5) is 0 Å². The molecule has 104 valence electrons. The van der Waals surface area contributed by atoms with Gasteiger partial charge in [-0.3, -0.25) is 9.78 Å². The number of piperazine rings is 1. The molecule has 4 nitrogen and oxygen atoms in total. The smallest absolute Gasteiger partial charge is 0.255 e. The summed E-state index contributed by atoms with van der Waals surface area (Å²) in [7, 11) is 2.09. The predicted octanol–water partition coefficient (Wildman–Crippen LogP) is 1.77. The lowest BCUT2D eigenvalue weighted by Gasteiger charge is -2.32. The zero-order valence-corrected chi connectivity index (χ0v) is 12.3. The van der Waals surface area contributed by atoms with Crippen LogP contribution in [0.1, 0.15) is 36.7 Å². The lowest BCUT2D eigenvalue weighted by atomic mass is 9.87. The van der Waals surface area contributed by atoms with Gasteiger partial charge in [0.2, 0.25) is 0 Å². The van der Waals surface area contributed by atoms with E-state index in [0.29, 0.717) is 5.56 Å². The molecule has 2 heterocycles. The molecule has 1 fully saturated rings. The van der Waals surface area contributed by atoms with Crippen LogP contribution in [0.5, 0.6) is 0 Å². The summed E-state index contributed by atoms with van der Waals surface area (Å²) in [6.45, 7) is 9.89. The van der Waals surface area contributed by atoms with E-state index < -0.39 is 0 Å². The van der Waals surface area contributed by atoms with Crippen molar-refractivity contribution >= 4 is 5.91 Å². The lowest BCUT2D eigenvalue weighted by molar-refractivity contribution is 0.0663. The first-order valence-electron chi connectivity index (χ1n) is 6.81. The average molecular weight is 261 g/mol. The molecule has 1 aromatic heterocycles. The van der Waals surface area contributed by atoms with Crippen molar-refractivity contribution in [1.29, 1.82) is 0 Å². The number of likely N-dealkylation sites (N-methyl/N-ethyl adjacent to an activating group) is 1. The Hall–Kier alpha value is -1.42. The molecular weight excluding hydrogens is 238 g/mol. The van der Waals surface area contributed by atoms with Gasteiger partial charge in [0.1, 0.15) is 0 Å². The Morgan fingerprint density at radius 2 is 1.79 bits per heavy atom. The first-order valence-corrected chi connectivity index (χ1v) is 6.81. The van der Waals surface area contributed by atoms with Gasteiger partial charge in [0.05, 0.1) is 5.56 Å². The molecule has 0 aromatic carbocycles. The van der Waals surface area contributed by atoms with Gasteiger partial charge >= 0.3 is 0 Å². The Balaban J connectivity index is 2.15. The molecule has 0 saturated carbocycles. The highest BCUT2D eigenvalue weighted by molar-refractivity contribution is 5.94. The van der Waals surface area contributed by atoms with Crippen LogP contribution in [-0.4, -0.2) is 53.9 Å². The molecule has 0 aliphatic carbocycles. The van der Waals surface area contributed by atoms with Gasteiger partial charge in [-0.2, -0.15) is 0 Å². The number of carbonyl (C=O) groups is 1. The number of hydrogen-bond acceptors (Lipinski definition) is 3. The van der Waals surface area contributed by atoms with Crippen LogP contribution in [-0.2, 0) is 5.41 Å². The molecule has 2 rings (SSSR count). The van der Waals surface area contributed by atoms with E-state index in [-0.39, 0.29) is 11.3 Å². The van der Waals surface area contributed by atoms with Gasteiger partial charge in [-0.25, -0.2) is 0 Å². The highest BCUT2D eigenvalue weighted by Gasteiger charge is 2.22. The number of aromatic nitrogens is 1. The van der Waals surface area contributed by atoms with Gasteiger partial charge in [0, 0.05) is 38.6 Å². The van der Waals surface area contributed by atoms with E-state index in [1.807, 2.05) is 17.2 Å². The maximum atomic E-state index is 12.5. The molecule has 0 bridgehead atoms. The molecule has 1 amide bonds. The minimum Gasteiger partial charge on any atom is -0.336 e. The summed E-state index contributed by atoms with van der Waals surface area (Å²) in [6, 6.07) is 1.98. The molecule has 0 unspecified atom stereocenters. The SMILES string of the molecule is CN1CCN(C(=O)c2cncc(C(C)(C)C)c2)CC1. The molecule has 0 radical (unpaired) electrons. The van der Waals surface area contributed by atoms with Crippen molar-refractivity contribution in [2.45, 2.75) is 26.2 Å². The van der Waals surface area contributed by atoms with E-state index in [4.69, 9.17) is 0 Å². The first kappa shape index (κ1) is 14.0. The summed E-state index contributed by atoms with van der Waals surface area (Å²) in [5, 5.41) is 0. The molecule has 1 saturated heterocycles. The monoisotopic (exact) mass is 261 g/mol. The lowest BCUT2D eigenvalue weighted by Crippen LogP contribution is -2.47. The summed E-state index contributed by atoms with van der Waals surface area (Å²) in [4.78, 5) is 20.8. The van der Waals surface area contributed by atoms with E-state index in [1.165, 1.54) is 0 Å². The van der Waals surface area contributed by atoms with Gasteiger partial charge in [-0.05, 0) is 24.1 Å². The van der Waals surface area contributed by atoms with Crippen LogP contribution in [0.25, 0.3) is 0 Å². The van der Waals surface area contributed by atoms with Crippen LogP contribution in [0, 0.1) is 0 Å². The highest BCUT2D eigenvalue weighted by Crippen LogP contribution is 2.22. The van der Waals surface area contributed by atoms with Gasteiger partial charge in [-0.15, -0.1) is 0 Å². The van der Waals surface area contributed by atoms with Crippen molar-refractivity contribution in [3.63, 3.8) is 0 Å². The Bertz CT molecular complexity index is 457. The molecule has 0 atom stereocenters. The van der Waals surface area contributed by atoms with Crippen molar-refractivity contribution in [3.05, 3.63) is 29.6 Å². The summed E-state index contributed by atoms with van der Waals surface area (Å²) in [5.41, 5.74) is 1.83. The van der Waals surface area contributed by atoms with Crippen molar-refractivity contribution < 1.29 is 4.79 Å². The minimum absolute atomic E-state index is 0.0193. The van der Waals surface area contributed by atoms with Crippen molar-refractivity contribution in [3.8, 4) is 0 Å². The Kier molecular flexibility index (Phi) is 3.90. The van der Waals surface area contributed by atoms with Crippen molar-refractivity contribution in [2.24, 2.45) is 0 Å². The number of hydrogen-bond donors (Lipinski definition) is 0. The second-order valence-corrected chi connectivity index (χ2v) is 6.31. The molecule has 1 aromatic rings. The largest absolute Gasteiger partial charge is 0.336 e. The molecule has 19 heavy (non-hydrogen) atoms. The Labute approximate surface area is 115 Å². The van der Waals surface area contributed by atoms with Crippen LogP contribution in [0.3, 0.4) is 0 Å². The number of carbonyl (C=O) groups excluding carboxylic acids is 1. The Morgan fingerprint density at radius 1 is 1.16 bits per heavy atom. The molecule has 0 N–H and O–H groups in total. The Morgan fingerprint density at radius 3 is 2.37 bits per heavy atom. The second-order valence-electron chi connectivity index (χ2n) is 6.31. The predicted molar refractivity (Wildman–Crippen MR) is 76.3 cm³/mol. The number of pyridine rings is 1. The van der Waals surface area contributed by atoms with E-state index >= 15 is 0 Å². The summed E-state index contributed by atoms with van der Waals surface area (Å²) >= 11 is 0. The zero-order valence-electron chi connectivity index (χ0n) is 12.3. The van der Waals surface area contributed by atoms with Crippen LogP contribution < -0.4 is 0 Å². The average Bonchev–Trinajstić information content (AvgIpc) is 2.38. The third kappa shape index (κ3) is 3.32. The van der Waals surface area contributed by atoms with Gasteiger partial charge < -0.3 is 9.80 Å². The maximum absolute atomic E-state index is 12.5. The van der Waals surface area contributed by atoms with Crippen molar-refractivity contribution in [2.75, 3.05) is 33.2 Å². The minimum atomic E-state index is 0.0193. The fraction of sp³-hybridized carbons (Fsp3) is 0.600.